The Morgan fingerprint density at radius 3 is 2.67 bits per heavy atom. The Bertz CT molecular complexity index is 804. The summed E-state index contributed by atoms with van der Waals surface area (Å²) in [5.41, 5.74) is 1.29. The van der Waals surface area contributed by atoms with Crippen LogP contribution in [0.3, 0.4) is 0 Å². The molecule has 0 spiro atoms. The third-order valence-electron chi connectivity index (χ3n) is 4.59. The minimum atomic E-state index is 0.0210. The standard InChI is InChI=1S/C19H25N3O2/c1-3-10-21(11-4-2)18(23)14-8-9-15-16(13-14)20-17-7-5-6-12-22(17)19(15)24/h8-9,13H,3-7,10-12H2,1-2H3. The minimum absolute atomic E-state index is 0.0210. The van der Waals surface area contributed by atoms with Gasteiger partial charge in [-0.3, -0.25) is 14.2 Å². The van der Waals surface area contributed by atoms with Crippen LogP contribution in [-0.4, -0.2) is 33.4 Å². The summed E-state index contributed by atoms with van der Waals surface area (Å²) < 4.78 is 1.79. The molecular weight excluding hydrogens is 302 g/mol. The lowest BCUT2D eigenvalue weighted by Crippen LogP contribution is -2.32. The Labute approximate surface area is 142 Å². The molecule has 24 heavy (non-hydrogen) atoms. The van der Waals surface area contributed by atoms with E-state index in [2.05, 4.69) is 18.8 Å². The zero-order chi connectivity index (χ0) is 17.1. The predicted octanol–water partition coefficient (Wildman–Crippen LogP) is 3.00. The van der Waals surface area contributed by atoms with Gasteiger partial charge in [-0.05, 0) is 43.9 Å². The lowest BCUT2D eigenvalue weighted by Gasteiger charge is -2.22. The molecule has 1 aromatic heterocycles. The lowest BCUT2D eigenvalue weighted by atomic mass is 10.1. The molecule has 5 nitrogen and oxygen atoms in total. The average molecular weight is 327 g/mol. The molecule has 3 rings (SSSR count). The predicted molar refractivity (Wildman–Crippen MR) is 95.4 cm³/mol. The van der Waals surface area contributed by atoms with Crippen molar-refractivity contribution in [3.05, 3.63) is 39.9 Å². The summed E-state index contributed by atoms with van der Waals surface area (Å²) in [5, 5.41) is 0.606. The van der Waals surface area contributed by atoms with Gasteiger partial charge < -0.3 is 4.90 Å². The molecule has 0 atom stereocenters. The van der Waals surface area contributed by atoms with Crippen molar-refractivity contribution in [3.8, 4) is 0 Å². The number of fused-ring (bicyclic) bond motifs is 2. The van der Waals surface area contributed by atoms with Gasteiger partial charge in [0.05, 0.1) is 10.9 Å². The molecule has 2 heterocycles. The van der Waals surface area contributed by atoms with E-state index in [4.69, 9.17) is 0 Å². The Kier molecular flexibility index (Phi) is 4.97. The van der Waals surface area contributed by atoms with E-state index in [-0.39, 0.29) is 11.5 Å². The maximum atomic E-state index is 12.8. The summed E-state index contributed by atoms with van der Waals surface area (Å²) in [6.07, 6.45) is 4.80. The summed E-state index contributed by atoms with van der Waals surface area (Å²) in [6, 6.07) is 5.31. The molecule has 0 saturated carbocycles. The van der Waals surface area contributed by atoms with Gasteiger partial charge in [-0.15, -0.1) is 0 Å². The number of nitrogens with zero attached hydrogens (tertiary/aromatic N) is 3. The van der Waals surface area contributed by atoms with E-state index in [1.807, 2.05) is 4.90 Å². The quantitative estimate of drug-likeness (QED) is 0.848. The van der Waals surface area contributed by atoms with Crippen LogP contribution in [0.1, 0.15) is 55.7 Å². The minimum Gasteiger partial charge on any atom is -0.339 e. The molecule has 128 valence electrons. The van der Waals surface area contributed by atoms with E-state index < -0.39 is 0 Å². The largest absolute Gasteiger partial charge is 0.339 e. The van der Waals surface area contributed by atoms with Gasteiger partial charge >= 0.3 is 0 Å². The van der Waals surface area contributed by atoms with Crippen LogP contribution in [0.4, 0.5) is 0 Å². The molecule has 0 N–H and O–H groups in total. The number of amides is 1. The molecule has 0 saturated heterocycles. The molecule has 1 aromatic carbocycles. The molecule has 0 aliphatic carbocycles. The SMILES string of the molecule is CCCN(CCC)C(=O)c1ccc2c(=O)n3c(nc2c1)CCCC3. The van der Waals surface area contributed by atoms with Gasteiger partial charge in [0.25, 0.3) is 11.5 Å². The van der Waals surface area contributed by atoms with E-state index in [0.717, 1.165) is 57.6 Å². The van der Waals surface area contributed by atoms with Crippen LogP contribution < -0.4 is 5.56 Å². The van der Waals surface area contributed by atoms with Crippen molar-refractivity contribution >= 4 is 16.8 Å². The van der Waals surface area contributed by atoms with Gasteiger partial charge in [0.2, 0.25) is 0 Å². The van der Waals surface area contributed by atoms with Crippen molar-refractivity contribution in [2.45, 2.75) is 52.5 Å². The van der Waals surface area contributed by atoms with E-state index >= 15 is 0 Å². The summed E-state index contributed by atoms with van der Waals surface area (Å²) >= 11 is 0. The number of hydrogen-bond acceptors (Lipinski definition) is 3. The van der Waals surface area contributed by atoms with E-state index in [0.29, 0.717) is 16.5 Å². The molecular formula is C19H25N3O2. The van der Waals surface area contributed by atoms with E-state index in [1.54, 1.807) is 22.8 Å². The first-order valence-electron chi connectivity index (χ1n) is 8.98. The Morgan fingerprint density at radius 2 is 1.96 bits per heavy atom. The molecule has 0 bridgehead atoms. The van der Waals surface area contributed by atoms with Gasteiger partial charge in [0, 0.05) is 31.6 Å². The van der Waals surface area contributed by atoms with Crippen LogP contribution in [0.15, 0.2) is 23.0 Å². The van der Waals surface area contributed by atoms with Crippen molar-refractivity contribution in [2.75, 3.05) is 13.1 Å². The zero-order valence-corrected chi connectivity index (χ0v) is 14.5. The van der Waals surface area contributed by atoms with Crippen LogP contribution in [0, 0.1) is 0 Å². The summed E-state index contributed by atoms with van der Waals surface area (Å²) in [4.78, 5) is 31.9. The Hall–Kier alpha value is -2.17. The molecule has 2 aromatic rings. The van der Waals surface area contributed by atoms with Crippen molar-refractivity contribution in [1.82, 2.24) is 14.5 Å². The highest BCUT2D eigenvalue weighted by molar-refractivity contribution is 5.97. The second-order valence-electron chi connectivity index (χ2n) is 6.47. The molecule has 5 heteroatoms. The van der Waals surface area contributed by atoms with E-state index in [9.17, 15) is 9.59 Å². The highest BCUT2D eigenvalue weighted by Gasteiger charge is 2.18. The first-order chi connectivity index (χ1) is 11.7. The third-order valence-corrected chi connectivity index (χ3v) is 4.59. The van der Waals surface area contributed by atoms with Crippen molar-refractivity contribution in [3.63, 3.8) is 0 Å². The number of aromatic nitrogens is 2. The zero-order valence-electron chi connectivity index (χ0n) is 14.5. The van der Waals surface area contributed by atoms with Gasteiger partial charge in [-0.25, -0.2) is 4.98 Å². The highest BCUT2D eigenvalue weighted by Crippen LogP contribution is 2.17. The first-order valence-corrected chi connectivity index (χ1v) is 8.98. The third kappa shape index (κ3) is 3.07. The first kappa shape index (κ1) is 16.7. The average Bonchev–Trinajstić information content (AvgIpc) is 2.61. The highest BCUT2D eigenvalue weighted by atomic mass is 16.2. The topological polar surface area (TPSA) is 55.2 Å². The molecule has 0 radical (unpaired) electrons. The van der Waals surface area contributed by atoms with Crippen molar-refractivity contribution in [1.29, 1.82) is 0 Å². The Morgan fingerprint density at radius 1 is 1.21 bits per heavy atom. The fourth-order valence-electron chi connectivity index (χ4n) is 3.41. The number of rotatable bonds is 5. The number of aryl methyl sites for hydroxylation is 1. The van der Waals surface area contributed by atoms with Crippen LogP contribution in [-0.2, 0) is 13.0 Å². The van der Waals surface area contributed by atoms with Crippen molar-refractivity contribution < 1.29 is 4.79 Å². The second-order valence-corrected chi connectivity index (χ2v) is 6.47. The van der Waals surface area contributed by atoms with Crippen LogP contribution in [0.25, 0.3) is 10.9 Å². The van der Waals surface area contributed by atoms with Crippen molar-refractivity contribution in [2.24, 2.45) is 0 Å². The van der Waals surface area contributed by atoms with Gasteiger partial charge in [0.15, 0.2) is 0 Å². The van der Waals surface area contributed by atoms with Crippen LogP contribution in [0.5, 0.6) is 0 Å². The lowest BCUT2D eigenvalue weighted by molar-refractivity contribution is 0.0755. The number of hydrogen-bond donors (Lipinski definition) is 0. The van der Waals surface area contributed by atoms with Crippen LogP contribution >= 0.6 is 0 Å². The summed E-state index contributed by atoms with van der Waals surface area (Å²) in [5.74, 6) is 0.877. The molecule has 1 amide bonds. The molecule has 1 aliphatic rings. The van der Waals surface area contributed by atoms with Crippen LogP contribution in [0.2, 0.25) is 0 Å². The maximum Gasteiger partial charge on any atom is 0.261 e. The van der Waals surface area contributed by atoms with E-state index in [1.165, 1.54) is 0 Å². The number of carbonyl (C=O) groups excluding carboxylic acids is 1. The molecule has 0 unspecified atom stereocenters. The smallest absolute Gasteiger partial charge is 0.261 e. The van der Waals surface area contributed by atoms with Gasteiger partial charge in [0.1, 0.15) is 5.82 Å². The molecule has 1 aliphatic heterocycles. The molecule has 0 fully saturated rings. The monoisotopic (exact) mass is 327 g/mol. The number of carbonyl (C=O) groups is 1. The summed E-state index contributed by atoms with van der Waals surface area (Å²) in [6.45, 7) is 6.41. The number of benzene rings is 1. The normalized spacial score (nSPS) is 13.8. The van der Waals surface area contributed by atoms with Gasteiger partial charge in [-0.1, -0.05) is 13.8 Å². The second kappa shape index (κ2) is 7.16. The summed E-state index contributed by atoms with van der Waals surface area (Å²) in [7, 11) is 0. The Balaban J connectivity index is 2.02. The fourth-order valence-corrected chi connectivity index (χ4v) is 3.41. The maximum absolute atomic E-state index is 12.8. The fraction of sp³-hybridized carbons (Fsp3) is 0.526. The van der Waals surface area contributed by atoms with Gasteiger partial charge in [-0.2, -0.15) is 0 Å².